The average molecular weight is 665 g/mol. The molecular formula is C27H40N2O15S. The maximum absolute atomic E-state index is 12.4. The maximum Gasteiger partial charge on any atom is 0.303 e. The lowest BCUT2D eigenvalue weighted by molar-refractivity contribution is -0.237. The molecule has 0 radical (unpaired) electrons. The third-order valence-electron chi connectivity index (χ3n) is 6.69. The van der Waals surface area contributed by atoms with E-state index in [0.717, 1.165) is 51.3 Å². The molecule has 0 unspecified atom stereocenters. The van der Waals surface area contributed by atoms with Crippen LogP contribution in [0.5, 0.6) is 0 Å². The molecule has 0 aliphatic carbocycles. The van der Waals surface area contributed by atoms with E-state index in [-0.39, 0.29) is 0 Å². The van der Waals surface area contributed by atoms with Gasteiger partial charge in [0.15, 0.2) is 18.5 Å². The minimum Gasteiger partial charge on any atom is -0.463 e. The second kappa shape index (κ2) is 16.7. The zero-order valence-corrected chi connectivity index (χ0v) is 27.0. The smallest absolute Gasteiger partial charge is 0.303 e. The molecule has 18 heteroatoms. The van der Waals surface area contributed by atoms with Gasteiger partial charge < -0.3 is 48.5 Å². The number of rotatable bonds is 11. The lowest BCUT2D eigenvalue weighted by atomic mass is 9.97. The number of ether oxygens (including phenoxy) is 7. The molecule has 2 fully saturated rings. The Morgan fingerprint density at radius 1 is 0.711 bits per heavy atom. The molecule has 2 amide bonds. The highest BCUT2D eigenvalue weighted by atomic mass is 32.2. The van der Waals surface area contributed by atoms with Crippen LogP contribution in [0.3, 0.4) is 0 Å². The van der Waals surface area contributed by atoms with E-state index < -0.39 is 114 Å². The zero-order chi connectivity index (χ0) is 34.2. The first-order chi connectivity index (χ1) is 20.9. The van der Waals surface area contributed by atoms with Gasteiger partial charge in [-0.2, -0.15) is 0 Å². The van der Waals surface area contributed by atoms with E-state index in [1.165, 1.54) is 20.9 Å². The van der Waals surface area contributed by atoms with Crippen LogP contribution in [-0.2, 0) is 66.7 Å². The van der Waals surface area contributed by atoms with Gasteiger partial charge in [-0.15, -0.1) is 11.8 Å². The van der Waals surface area contributed by atoms with Crippen molar-refractivity contribution in [1.82, 2.24) is 10.2 Å². The second-order valence-electron chi connectivity index (χ2n) is 10.4. The number of amides is 2. The van der Waals surface area contributed by atoms with Crippen LogP contribution in [0.2, 0.25) is 0 Å². The second-order valence-corrected chi connectivity index (χ2v) is 11.7. The molecule has 2 aliphatic heterocycles. The highest BCUT2D eigenvalue weighted by Gasteiger charge is 2.56. The fourth-order valence-electron chi connectivity index (χ4n) is 4.92. The molecular weight excluding hydrogens is 624 g/mol. The van der Waals surface area contributed by atoms with E-state index in [1.54, 1.807) is 0 Å². The summed E-state index contributed by atoms with van der Waals surface area (Å²) in [4.78, 5) is 85.9. The van der Waals surface area contributed by atoms with Crippen LogP contribution in [0, 0.1) is 0 Å². The number of aliphatic hydroxyl groups excluding tert-OH is 1. The number of hydrogen-bond donors (Lipinski definition) is 2. The van der Waals surface area contributed by atoms with Crippen LogP contribution in [0.15, 0.2) is 0 Å². The van der Waals surface area contributed by atoms with Crippen LogP contribution >= 0.6 is 11.8 Å². The third-order valence-corrected chi connectivity index (χ3v) is 8.25. The normalized spacial score (nSPS) is 31.0. The van der Waals surface area contributed by atoms with Crippen molar-refractivity contribution in [1.29, 1.82) is 0 Å². The quantitative estimate of drug-likeness (QED) is 0.196. The summed E-state index contributed by atoms with van der Waals surface area (Å²) in [6, 6.07) is -2.49. The first-order valence-electron chi connectivity index (χ1n) is 13.9. The summed E-state index contributed by atoms with van der Waals surface area (Å²) in [6.45, 7) is 7.10. The Morgan fingerprint density at radius 3 is 1.67 bits per heavy atom. The van der Waals surface area contributed by atoms with Crippen molar-refractivity contribution in [3.63, 3.8) is 0 Å². The highest BCUT2D eigenvalue weighted by Crippen LogP contribution is 2.41. The number of hydrogen-bond acceptors (Lipinski definition) is 16. The predicted molar refractivity (Wildman–Crippen MR) is 151 cm³/mol. The van der Waals surface area contributed by atoms with Crippen LogP contribution < -0.4 is 5.32 Å². The summed E-state index contributed by atoms with van der Waals surface area (Å²) in [5.41, 5.74) is -1.24. The molecule has 45 heavy (non-hydrogen) atoms. The van der Waals surface area contributed by atoms with Crippen molar-refractivity contribution >= 4 is 53.4 Å². The van der Waals surface area contributed by atoms with E-state index in [2.05, 4.69) is 5.32 Å². The first-order valence-corrected chi connectivity index (χ1v) is 14.8. The van der Waals surface area contributed by atoms with E-state index in [9.17, 15) is 38.7 Å². The van der Waals surface area contributed by atoms with Gasteiger partial charge >= 0.3 is 29.8 Å². The fourth-order valence-corrected chi connectivity index (χ4v) is 6.51. The molecule has 2 heterocycles. The van der Waals surface area contributed by atoms with Gasteiger partial charge in [-0.05, 0) is 0 Å². The number of carbonyl (C=O) groups excluding carboxylic acids is 7. The number of carbonyl (C=O) groups is 7. The van der Waals surface area contributed by atoms with Crippen LogP contribution in [0.4, 0.5) is 0 Å². The van der Waals surface area contributed by atoms with E-state index in [1.807, 2.05) is 0 Å². The number of aliphatic hydroxyl groups is 1. The van der Waals surface area contributed by atoms with Crippen molar-refractivity contribution in [2.75, 3.05) is 20.3 Å². The van der Waals surface area contributed by atoms with Gasteiger partial charge in [-0.25, -0.2) is 0 Å². The molecule has 2 N–H and O–H groups in total. The third kappa shape index (κ3) is 10.8. The van der Waals surface area contributed by atoms with Gasteiger partial charge in [-0.1, -0.05) is 0 Å². The van der Waals surface area contributed by atoms with E-state index >= 15 is 0 Å². The molecule has 0 aromatic carbocycles. The SMILES string of the molecule is CC(=O)N[C@@H]1[C@@H](OC(C)=O)[C@H](OC(C)=O)[C@@H](COC(C)=O)O[C@H]1S[C@H]1[C@H](OC(C)=O)[C@@H](N(C)C(C)=O)[C@@H](O)O[C@@H]1COC(C)=O. The minimum absolute atomic E-state index is 0.434. The van der Waals surface area contributed by atoms with Crippen LogP contribution in [-0.4, -0.2) is 132 Å². The number of nitrogens with one attached hydrogen (secondary N) is 1. The van der Waals surface area contributed by atoms with Gasteiger partial charge in [0, 0.05) is 55.5 Å². The van der Waals surface area contributed by atoms with Gasteiger partial charge in [0.2, 0.25) is 11.8 Å². The van der Waals surface area contributed by atoms with Crippen LogP contribution in [0.1, 0.15) is 48.5 Å². The molecule has 0 bridgehead atoms. The highest BCUT2D eigenvalue weighted by molar-refractivity contribution is 8.00. The van der Waals surface area contributed by atoms with E-state index in [0.29, 0.717) is 0 Å². The molecule has 2 saturated heterocycles. The van der Waals surface area contributed by atoms with Gasteiger partial charge in [0.1, 0.15) is 49.0 Å². The number of likely N-dealkylation sites (N-methyl/N-ethyl adjacent to an activating group) is 1. The molecule has 0 spiro atoms. The van der Waals surface area contributed by atoms with Crippen molar-refractivity contribution < 1.29 is 71.8 Å². The number of nitrogens with zero attached hydrogens (tertiary/aromatic N) is 1. The largest absolute Gasteiger partial charge is 0.463 e. The van der Waals surface area contributed by atoms with Crippen molar-refractivity contribution in [2.24, 2.45) is 0 Å². The molecule has 254 valence electrons. The summed E-state index contributed by atoms with van der Waals surface area (Å²) in [5.74, 6) is -4.86. The Labute approximate surface area is 263 Å². The molecule has 0 aromatic heterocycles. The molecule has 0 aromatic rings. The fraction of sp³-hybridized carbons (Fsp3) is 0.741. The lowest BCUT2D eigenvalue weighted by Crippen LogP contribution is -2.68. The van der Waals surface area contributed by atoms with Gasteiger partial charge in [0.05, 0.1) is 5.25 Å². The molecule has 10 atom stereocenters. The summed E-state index contributed by atoms with van der Waals surface area (Å²) in [5, 5.41) is 12.5. The van der Waals surface area contributed by atoms with Crippen LogP contribution in [0.25, 0.3) is 0 Å². The molecule has 2 aliphatic rings. The number of esters is 5. The summed E-state index contributed by atoms with van der Waals surface area (Å²) >= 11 is 0.874. The van der Waals surface area contributed by atoms with Crippen molar-refractivity contribution in [3.05, 3.63) is 0 Å². The number of thioether (sulfide) groups is 1. The zero-order valence-electron chi connectivity index (χ0n) is 26.2. The summed E-state index contributed by atoms with van der Waals surface area (Å²) < 4.78 is 38.9. The Hall–Kier alpha value is -3.48. The summed E-state index contributed by atoms with van der Waals surface area (Å²) in [6.07, 6.45) is -8.17. The molecule has 17 nitrogen and oxygen atoms in total. The van der Waals surface area contributed by atoms with E-state index in [4.69, 9.17) is 33.2 Å². The monoisotopic (exact) mass is 664 g/mol. The Balaban J connectivity index is 2.70. The molecule has 0 saturated carbocycles. The minimum atomic E-state index is -1.70. The van der Waals surface area contributed by atoms with Gasteiger partial charge in [0.25, 0.3) is 0 Å². The van der Waals surface area contributed by atoms with Crippen molar-refractivity contribution in [2.45, 2.75) is 108 Å². The Morgan fingerprint density at radius 2 is 1.20 bits per heavy atom. The Kier molecular flexibility index (Phi) is 14.0. The topological polar surface area (TPSA) is 220 Å². The van der Waals surface area contributed by atoms with Gasteiger partial charge in [-0.3, -0.25) is 33.6 Å². The predicted octanol–water partition coefficient (Wildman–Crippen LogP) is -1.20. The first kappa shape index (κ1) is 37.7. The lowest BCUT2D eigenvalue weighted by Gasteiger charge is -2.50. The molecule has 2 rings (SSSR count). The average Bonchev–Trinajstić information content (AvgIpc) is 2.89. The van der Waals surface area contributed by atoms with Crippen molar-refractivity contribution in [3.8, 4) is 0 Å². The summed E-state index contributed by atoms with van der Waals surface area (Å²) in [7, 11) is 1.36. The Bertz CT molecular complexity index is 1140. The maximum atomic E-state index is 12.4. The standard InChI is InChI=1S/C27H40N2O15S/c1-11(30)28-20-23(41-16(6)35)22(40-15(5)34)18(9-38-13(3)32)44-27(20)45-25-19(10-39-14(4)33)43-26(37)21(29(8)12(2)31)24(25)42-17(7)36/h18-27,37H,9-10H2,1-8H3,(H,28,30)/t18-,19-,20-,21-,22-,23-,24-,25-,26+,27+/m1/s1.